The van der Waals surface area contributed by atoms with Crippen molar-refractivity contribution in [2.75, 3.05) is 31.7 Å². The Hall–Kier alpha value is -1.56. The minimum atomic E-state index is -1.01. The molecule has 4 aliphatic carbocycles. The largest absolute Gasteiger partial charge is 0.493 e. The lowest BCUT2D eigenvalue weighted by Crippen LogP contribution is -2.52. The van der Waals surface area contributed by atoms with Crippen molar-refractivity contribution in [2.45, 2.75) is 37.6 Å². The van der Waals surface area contributed by atoms with Crippen LogP contribution in [0, 0.1) is 23.7 Å². The lowest BCUT2D eigenvalue weighted by Gasteiger charge is -2.27. The van der Waals surface area contributed by atoms with Gasteiger partial charge in [0, 0.05) is 12.2 Å². The van der Waals surface area contributed by atoms with E-state index in [0.717, 1.165) is 41.5 Å². The third kappa shape index (κ3) is 4.00. The van der Waals surface area contributed by atoms with E-state index in [0.29, 0.717) is 13.2 Å². The molecule has 0 radical (unpaired) electrons. The van der Waals surface area contributed by atoms with Gasteiger partial charge in [0.2, 0.25) is 0 Å². The lowest BCUT2D eigenvalue weighted by atomic mass is 9.79. The Morgan fingerprint density at radius 1 is 1.11 bits per heavy atom. The highest BCUT2D eigenvalue weighted by atomic mass is 16.5. The van der Waals surface area contributed by atoms with Crippen LogP contribution in [0.3, 0.4) is 0 Å². The van der Waals surface area contributed by atoms with Crippen molar-refractivity contribution in [1.82, 2.24) is 0 Å². The molecule has 0 aromatic heterocycles. The maximum Gasteiger partial charge on any atom is 0.119 e. The van der Waals surface area contributed by atoms with Crippen molar-refractivity contribution < 1.29 is 14.9 Å². The monoisotopic (exact) mass is 372 g/mol. The molecule has 4 fully saturated rings. The van der Waals surface area contributed by atoms with Crippen LogP contribution in [0.4, 0.5) is 5.69 Å². The molecule has 0 saturated heterocycles. The van der Waals surface area contributed by atoms with E-state index in [1.54, 1.807) is 5.57 Å². The molecule has 1 aromatic rings. The summed E-state index contributed by atoms with van der Waals surface area (Å²) in [5.74, 6) is 4.65. The summed E-state index contributed by atoms with van der Waals surface area (Å²) in [6.45, 7) is 0.481. The second kappa shape index (κ2) is 7.82. The van der Waals surface area contributed by atoms with Gasteiger partial charge < -0.3 is 26.0 Å². The zero-order valence-corrected chi connectivity index (χ0v) is 15.9. The fourth-order valence-electron chi connectivity index (χ4n) is 5.37. The molecule has 5 rings (SSSR count). The summed E-state index contributed by atoms with van der Waals surface area (Å²) in [4.78, 5) is 0. The first-order chi connectivity index (χ1) is 13.1. The van der Waals surface area contributed by atoms with E-state index >= 15 is 0 Å². The molecule has 4 bridgehead atoms. The topological polar surface area (TPSA) is 87.7 Å². The van der Waals surface area contributed by atoms with E-state index in [9.17, 15) is 10.2 Å². The number of ether oxygens (including phenoxy) is 1. The third-order valence-corrected chi connectivity index (χ3v) is 6.79. The van der Waals surface area contributed by atoms with Gasteiger partial charge in [0.25, 0.3) is 0 Å². The van der Waals surface area contributed by atoms with Crippen molar-refractivity contribution in [1.29, 1.82) is 0 Å². The van der Waals surface area contributed by atoms with Gasteiger partial charge in [0.1, 0.15) is 5.75 Å². The van der Waals surface area contributed by atoms with Gasteiger partial charge in [-0.15, -0.1) is 0 Å². The fraction of sp³-hybridized carbons (Fsp3) is 0.636. The van der Waals surface area contributed by atoms with E-state index in [1.165, 1.54) is 25.7 Å². The Labute approximate surface area is 161 Å². The van der Waals surface area contributed by atoms with Gasteiger partial charge in [-0.25, -0.2) is 0 Å². The molecule has 5 heteroatoms. The van der Waals surface area contributed by atoms with Crippen molar-refractivity contribution in [2.24, 2.45) is 29.4 Å². The molecule has 27 heavy (non-hydrogen) atoms. The Kier molecular flexibility index (Phi) is 5.44. The van der Waals surface area contributed by atoms with Gasteiger partial charge in [-0.05, 0) is 80.0 Å². The lowest BCUT2D eigenvalue weighted by molar-refractivity contribution is 0.129. The summed E-state index contributed by atoms with van der Waals surface area (Å²) in [5, 5.41) is 21.6. The predicted molar refractivity (Wildman–Crippen MR) is 107 cm³/mol. The number of aliphatic hydroxyl groups is 2. The summed E-state index contributed by atoms with van der Waals surface area (Å²) < 4.78 is 5.89. The molecular weight excluding hydrogens is 340 g/mol. The maximum atomic E-state index is 9.23. The third-order valence-electron chi connectivity index (χ3n) is 6.79. The van der Waals surface area contributed by atoms with Crippen LogP contribution >= 0.6 is 0 Å². The number of anilines is 1. The number of rotatable bonds is 9. The number of hydrogen-bond donors (Lipinski definition) is 4. The van der Waals surface area contributed by atoms with E-state index in [4.69, 9.17) is 10.5 Å². The van der Waals surface area contributed by atoms with Gasteiger partial charge in [-0.1, -0.05) is 11.6 Å². The van der Waals surface area contributed by atoms with E-state index < -0.39 is 5.54 Å². The van der Waals surface area contributed by atoms with Gasteiger partial charge in [0.05, 0.1) is 25.4 Å². The van der Waals surface area contributed by atoms with E-state index in [-0.39, 0.29) is 13.2 Å². The molecule has 0 spiro atoms. The molecule has 0 heterocycles. The van der Waals surface area contributed by atoms with Crippen LogP contribution in [0.1, 0.15) is 32.1 Å². The van der Waals surface area contributed by atoms with Crippen molar-refractivity contribution in [3.05, 3.63) is 35.9 Å². The van der Waals surface area contributed by atoms with Gasteiger partial charge in [0.15, 0.2) is 0 Å². The Balaban J connectivity index is 1.22. The van der Waals surface area contributed by atoms with Gasteiger partial charge in [-0.2, -0.15) is 0 Å². The molecule has 4 aliphatic rings. The zero-order chi connectivity index (χ0) is 18.9. The molecule has 0 amide bonds. The van der Waals surface area contributed by atoms with Crippen LogP contribution in [0.25, 0.3) is 0 Å². The van der Waals surface area contributed by atoms with Gasteiger partial charge >= 0.3 is 0 Å². The minimum Gasteiger partial charge on any atom is -0.493 e. The standard InChI is InChI=1S/C22H32N2O3/c23-22(13-25,14-26)12-24-18-3-5-19(6-4-18)27-7-1-2-20-16-8-15-9-17(11-16)21(20)10-15/h2-6,15-17,21,24-26H,1,7-14,23H2/b20-2+. The summed E-state index contributed by atoms with van der Waals surface area (Å²) in [5.41, 5.74) is 7.48. The number of allylic oxidation sites excluding steroid dienone is 1. The Morgan fingerprint density at radius 2 is 1.89 bits per heavy atom. The molecule has 4 atom stereocenters. The number of benzene rings is 1. The van der Waals surface area contributed by atoms with Crippen molar-refractivity contribution >= 4 is 5.69 Å². The quantitative estimate of drug-likeness (QED) is 0.395. The first-order valence-corrected chi connectivity index (χ1v) is 10.3. The molecule has 0 aliphatic heterocycles. The summed E-state index contributed by atoms with van der Waals surface area (Å²) in [6, 6.07) is 7.73. The number of nitrogens with one attached hydrogen (secondary N) is 1. The maximum absolute atomic E-state index is 9.23. The highest BCUT2D eigenvalue weighted by Crippen LogP contribution is 2.60. The van der Waals surface area contributed by atoms with E-state index in [2.05, 4.69) is 11.4 Å². The molecule has 1 aromatic carbocycles. The van der Waals surface area contributed by atoms with Crippen LogP contribution in [0.5, 0.6) is 5.75 Å². The zero-order valence-electron chi connectivity index (χ0n) is 15.9. The average molecular weight is 373 g/mol. The normalized spacial score (nSPS) is 30.3. The number of hydrogen-bond acceptors (Lipinski definition) is 5. The van der Waals surface area contributed by atoms with Crippen LogP contribution in [0.2, 0.25) is 0 Å². The van der Waals surface area contributed by atoms with Crippen LogP contribution < -0.4 is 15.8 Å². The SMILES string of the molecule is NC(CO)(CO)CNc1ccc(OCC/C=C2\C3CC4CC(C3)C2C4)cc1. The molecular formula is C22H32N2O3. The molecule has 4 saturated carbocycles. The van der Waals surface area contributed by atoms with Crippen molar-refractivity contribution in [3.8, 4) is 5.75 Å². The molecule has 4 unspecified atom stereocenters. The van der Waals surface area contributed by atoms with E-state index in [1.807, 2.05) is 24.3 Å². The molecule has 5 nitrogen and oxygen atoms in total. The molecule has 148 valence electrons. The minimum absolute atomic E-state index is 0.268. The molecule has 5 N–H and O–H groups in total. The average Bonchev–Trinajstić information content (AvgIpc) is 3.12. The first-order valence-electron chi connectivity index (χ1n) is 10.3. The summed E-state index contributed by atoms with van der Waals surface area (Å²) in [6.07, 6.45) is 9.26. The summed E-state index contributed by atoms with van der Waals surface area (Å²) >= 11 is 0. The highest BCUT2D eigenvalue weighted by molar-refractivity contribution is 5.46. The van der Waals surface area contributed by atoms with Crippen LogP contribution in [0.15, 0.2) is 35.9 Å². The van der Waals surface area contributed by atoms with Crippen molar-refractivity contribution in [3.63, 3.8) is 0 Å². The predicted octanol–water partition coefficient (Wildman–Crippen LogP) is 2.54. The second-order valence-electron chi connectivity index (χ2n) is 8.77. The summed E-state index contributed by atoms with van der Waals surface area (Å²) in [7, 11) is 0. The number of nitrogens with two attached hydrogens (primary N) is 1. The van der Waals surface area contributed by atoms with Crippen LogP contribution in [-0.4, -0.2) is 42.1 Å². The Bertz CT molecular complexity index is 665. The highest BCUT2D eigenvalue weighted by Gasteiger charge is 2.50. The van der Waals surface area contributed by atoms with Gasteiger partial charge in [-0.3, -0.25) is 0 Å². The Morgan fingerprint density at radius 3 is 2.59 bits per heavy atom. The number of aliphatic hydroxyl groups excluding tert-OH is 2. The first kappa shape index (κ1) is 18.8. The van der Waals surface area contributed by atoms with Crippen LogP contribution in [-0.2, 0) is 0 Å². The smallest absolute Gasteiger partial charge is 0.119 e. The second-order valence-corrected chi connectivity index (χ2v) is 8.77. The fourth-order valence-corrected chi connectivity index (χ4v) is 5.37.